The van der Waals surface area contributed by atoms with E-state index in [2.05, 4.69) is 185 Å². The average Bonchev–Trinajstić information content (AvgIpc) is 3.98. The van der Waals surface area contributed by atoms with Crippen molar-refractivity contribution in [1.82, 2.24) is 20.3 Å². The summed E-state index contributed by atoms with van der Waals surface area (Å²) in [7, 11) is 0. The van der Waals surface area contributed by atoms with E-state index in [1.807, 2.05) is 43.3 Å². The molecule has 3 aliphatic heterocycles. The van der Waals surface area contributed by atoms with Crippen LogP contribution < -0.4 is 21.0 Å². The van der Waals surface area contributed by atoms with Crippen LogP contribution in [0.2, 0.25) is 0 Å². The highest BCUT2D eigenvalue weighted by molar-refractivity contribution is 7.99. The summed E-state index contributed by atoms with van der Waals surface area (Å²) in [4.78, 5) is 7.73. The van der Waals surface area contributed by atoms with Gasteiger partial charge in [0.1, 0.15) is 6.17 Å². The number of nitrogens with two attached hydrogens (primary N) is 1. The quantitative estimate of drug-likeness (QED) is 0.110. The summed E-state index contributed by atoms with van der Waals surface area (Å²) in [5.41, 5.74) is 23.5. The van der Waals surface area contributed by atoms with Gasteiger partial charge < -0.3 is 11.1 Å². The zero-order valence-corrected chi connectivity index (χ0v) is 34.4. The fourth-order valence-electron chi connectivity index (χ4n) is 9.81. The van der Waals surface area contributed by atoms with Gasteiger partial charge in [0.25, 0.3) is 6.21 Å². The van der Waals surface area contributed by atoms with Crippen molar-refractivity contribution >= 4 is 41.0 Å². The second kappa shape index (κ2) is 15.1. The van der Waals surface area contributed by atoms with E-state index < -0.39 is 5.41 Å². The summed E-state index contributed by atoms with van der Waals surface area (Å²) in [5, 5.41) is 8.08. The molecule has 0 fully saturated rings. The number of hydrogen-bond acceptors (Lipinski definition) is 5. The maximum absolute atomic E-state index is 6.01. The summed E-state index contributed by atoms with van der Waals surface area (Å²) in [5.74, 6) is 0. The number of nitrogens with zero attached hydrogens (tertiary/aromatic N) is 2. The lowest BCUT2D eigenvalue weighted by atomic mass is 9.67. The van der Waals surface area contributed by atoms with Gasteiger partial charge in [-0.3, -0.25) is 5.32 Å². The molecule has 0 saturated heterocycles. The summed E-state index contributed by atoms with van der Waals surface area (Å²) in [6.45, 7) is 2.03. The number of aromatic nitrogens is 1. The number of fused-ring (bicyclic) bond motifs is 9. The lowest BCUT2D eigenvalue weighted by Crippen LogP contribution is -2.40. The molecule has 5 nitrogen and oxygen atoms in total. The molecule has 6 aromatic carbocycles. The maximum Gasteiger partial charge on any atom is 0.302 e. The van der Waals surface area contributed by atoms with E-state index in [4.69, 9.17) is 10.7 Å². The van der Waals surface area contributed by atoms with Crippen molar-refractivity contribution in [1.29, 1.82) is 0 Å². The van der Waals surface area contributed by atoms with E-state index in [-0.39, 0.29) is 12.2 Å². The molecule has 1 aromatic heterocycles. The Bertz CT molecular complexity index is 3030. The SMILES string of the molecule is C/C=C(\C=C/N)c1cc(-c2cccc3c2-c2c(C4NC(c5ccccc5)=CC(c5ccccc5)N4)cccc2C32c3ccccc3Sc3ccccc32)cc(C2=CC=[N+]=C2)n1. The largest absolute Gasteiger partial charge is 0.405 e. The van der Waals surface area contributed by atoms with E-state index in [1.165, 1.54) is 54.3 Å². The van der Waals surface area contributed by atoms with Gasteiger partial charge in [-0.2, -0.15) is 0 Å². The van der Waals surface area contributed by atoms with Crippen molar-refractivity contribution in [2.45, 2.75) is 34.3 Å². The Hall–Kier alpha value is -7.21. The van der Waals surface area contributed by atoms with Gasteiger partial charge in [-0.15, -0.1) is 4.67 Å². The minimum atomic E-state index is -0.578. The number of hydrogen-bond donors (Lipinski definition) is 3. The van der Waals surface area contributed by atoms with Crippen molar-refractivity contribution in [3.8, 4) is 22.3 Å². The molecule has 7 aromatic rings. The number of benzene rings is 6. The third-order valence-corrected chi connectivity index (χ3v) is 13.6. The Morgan fingerprint density at radius 1 is 0.721 bits per heavy atom. The van der Waals surface area contributed by atoms with Crippen LogP contribution in [0.5, 0.6) is 0 Å². The molecule has 1 spiro atoms. The number of pyridine rings is 1. The van der Waals surface area contributed by atoms with Crippen LogP contribution in [0, 0.1) is 0 Å². The standard InChI is InChI=1S/C55H42N5S/c1-2-35(27-29-56)46-31-39(32-47(58-46)38-28-30-57-34-38)40-19-13-23-44-52(40)53-41(54-59-48(36-15-5-3-6-16-36)33-49(60-54)37-17-7-4-8-18-37)20-14-24-45(53)55(44)42-21-9-11-25-50(42)61-51-26-12-10-22-43(51)55/h2-34,48,54,59-60H,56H2,1H3/q+1/b29-27-,35-2+. The molecule has 0 amide bonds. The lowest BCUT2D eigenvalue weighted by Gasteiger charge is -2.40. The average molecular weight is 805 g/mol. The zero-order chi connectivity index (χ0) is 40.9. The maximum atomic E-state index is 6.01. The molecular weight excluding hydrogens is 763 g/mol. The number of allylic oxidation sites excluding steroid dienone is 5. The van der Waals surface area contributed by atoms with Crippen molar-refractivity contribution < 1.29 is 0 Å². The zero-order valence-electron chi connectivity index (χ0n) is 33.6. The van der Waals surface area contributed by atoms with Crippen LogP contribution in [-0.2, 0) is 5.41 Å². The topological polar surface area (TPSA) is 77.1 Å². The first-order valence-corrected chi connectivity index (χ1v) is 21.6. The minimum absolute atomic E-state index is 0.0329. The van der Waals surface area contributed by atoms with Gasteiger partial charge in [0.2, 0.25) is 0 Å². The van der Waals surface area contributed by atoms with E-state index >= 15 is 0 Å². The third-order valence-electron chi connectivity index (χ3n) is 12.4. The molecule has 4 aliphatic rings. The molecule has 2 unspecified atom stereocenters. The molecule has 0 bridgehead atoms. The molecule has 292 valence electrons. The highest BCUT2D eigenvalue weighted by Crippen LogP contribution is 2.64. The van der Waals surface area contributed by atoms with Gasteiger partial charge in [0, 0.05) is 21.6 Å². The predicted molar refractivity (Wildman–Crippen MR) is 253 cm³/mol. The Balaban J connectivity index is 1.21. The lowest BCUT2D eigenvalue weighted by molar-refractivity contribution is 0.443. The van der Waals surface area contributed by atoms with Crippen LogP contribution in [-0.4, -0.2) is 17.4 Å². The highest BCUT2D eigenvalue weighted by atomic mass is 32.2. The van der Waals surface area contributed by atoms with Crippen molar-refractivity contribution in [2.75, 3.05) is 0 Å². The van der Waals surface area contributed by atoms with Gasteiger partial charge in [-0.05, 0) is 116 Å². The van der Waals surface area contributed by atoms with Gasteiger partial charge in [-0.1, -0.05) is 151 Å². The number of nitrogens with one attached hydrogen (secondary N) is 2. The van der Waals surface area contributed by atoms with Gasteiger partial charge in [0.05, 0.1) is 28.4 Å². The second-order valence-electron chi connectivity index (χ2n) is 15.7. The smallest absolute Gasteiger partial charge is 0.302 e. The van der Waals surface area contributed by atoms with Crippen LogP contribution in [0.1, 0.15) is 69.5 Å². The molecular formula is C55H42N5S+. The second-order valence-corrected chi connectivity index (χ2v) is 16.8. The van der Waals surface area contributed by atoms with Gasteiger partial charge in [-0.25, -0.2) is 4.98 Å². The van der Waals surface area contributed by atoms with E-state index in [0.29, 0.717) is 0 Å². The van der Waals surface area contributed by atoms with E-state index in [0.717, 1.165) is 44.9 Å². The highest BCUT2D eigenvalue weighted by Gasteiger charge is 2.52. The van der Waals surface area contributed by atoms with E-state index in [9.17, 15) is 0 Å². The normalized spacial score (nSPS) is 18.0. The Morgan fingerprint density at radius 3 is 2.10 bits per heavy atom. The molecule has 61 heavy (non-hydrogen) atoms. The monoisotopic (exact) mass is 804 g/mol. The van der Waals surface area contributed by atoms with E-state index in [1.54, 1.807) is 6.20 Å². The van der Waals surface area contributed by atoms with Crippen LogP contribution >= 0.6 is 11.8 Å². The Morgan fingerprint density at radius 2 is 1.39 bits per heavy atom. The first-order valence-electron chi connectivity index (χ1n) is 20.8. The third kappa shape index (κ3) is 5.99. The van der Waals surface area contributed by atoms with Crippen LogP contribution in [0.25, 0.3) is 39.1 Å². The van der Waals surface area contributed by atoms with Crippen LogP contribution in [0.15, 0.2) is 198 Å². The Labute approximate surface area is 360 Å². The molecule has 4 heterocycles. The summed E-state index contributed by atoms with van der Waals surface area (Å²) in [6.07, 6.45) is 13.4. The van der Waals surface area contributed by atoms with Crippen LogP contribution in [0.3, 0.4) is 0 Å². The predicted octanol–water partition coefficient (Wildman–Crippen LogP) is 11.0. The first kappa shape index (κ1) is 36.8. The first-order chi connectivity index (χ1) is 30.1. The summed E-state index contributed by atoms with van der Waals surface area (Å²) in [6, 6.07) is 57.7. The van der Waals surface area contributed by atoms with Crippen molar-refractivity contribution in [2.24, 2.45) is 5.73 Å². The van der Waals surface area contributed by atoms with Crippen LogP contribution in [0.4, 0.5) is 0 Å². The fraction of sp³-hybridized carbons (Fsp3) is 0.0727. The van der Waals surface area contributed by atoms with Gasteiger partial charge >= 0.3 is 6.21 Å². The molecule has 2 atom stereocenters. The molecule has 0 saturated carbocycles. The molecule has 6 heteroatoms. The molecule has 0 radical (unpaired) electrons. The summed E-state index contributed by atoms with van der Waals surface area (Å²) < 4.78 is 4.43. The van der Waals surface area contributed by atoms with Crippen molar-refractivity contribution in [3.05, 3.63) is 239 Å². The Kier molecular flexibility index (Phi) is 9.13. The summed E-state index contributed by atoms with van der Waals surface area (Å²) >= 11 is 1.86. The minimum Gasteiger partial charge on any atom is -0.405 e. The fourth-order valence-corrected chi connectivity index (χ4v) is 11.0. The van der Waals surface area contributed by atoms with Crippen molar-refractivity contribution in [3.63, 3.8) is 0 Å². The van der Waals surface area contributed by atoms with Gasteiger partial charge in [0.15, 0.2) is 0 Å². The molecule has 1 aliphatic carbocycles. The number of rotatable bonds is 7. The molecule has 4 N–H and O–H groups in total. The molecule has 11 rings (SSSR count).